The van der Waals surface area contributed by atoms with E-state index in [9.17, 15) is 4.79 Å². The third kappa shape index (κ3) is 4.31. The van der Waals surface area contributed by atoms with Gasteiger partial charge in [-0.3, -0.25) is 9.78 Å². The summed E-state index contributed by atoms with van der Waals surface area (Å²) in [5.41, 5.74) is 8.74. The largest absolute Gasteiger partial charge is 0.378 e. The van der Waals surface area contributed by atoms with Crippen LogP contribution in [0.2, 0.25) is 0 Å². The van der Waals surface area contributed by atoms with Crippen molar-refractivity contribution in [1.29, 1.82) is 0 Å². The molecule has 0 spiro atoms. The van der Waals surface area contributed by atoms with Crippen molar-refractivity contribution >= 4 is 17.2 Å². The maximum Gasteiger partial charge on any atom is 0.217 e. The van der Waals surface area contributed by atoms with Crippen LogP contribution in [-0.4, -0.2) is 41.5 Å². The van der Waals surface area contributed by atoms with E-state index in [1.165, 1.54) is 11.1 Å². The molecule has 9 heteroatoms. The van der Waals surface area contributed by atoms with Crippen molar-refractivity contribution in [3.63, 3.8) is 0 Å². The summed E-state index contributed by atoms with van der Waals surface area (Å²) in [7, 11) is 0. The summed E-state index contributed by atoms with van der Waals surface area (Å²) in [6, 6.07) is 16.5. The van der Waals surface area contributed by atoms with E-state index in [-0.39, 0.29) is 11.9 Å². The summed E-state index contributed by atoms with van der Waals surface area (Å²) in [6.07, 6.45) is 5.21. The van der Waals surface area contributed by atoms with Gasteiger partial charge in [-0.15, -0.1) is 0 Å². The van der Waals surface area contributed by atoms with Crippen LogP contribution in [0.3, 0.4) is 0 Å². The fraction of sp³-hybridized carbons (Fsp3) is 0.222. The molecule has 1 aliphatic carbocycles. The SMILES string of the molecule is CC(=O)NC1Cc2ccc(NCc3nc(-c4cccc(C)n4)c(-c4ccc5ncnn5c4)[nH]3)cc2C1. The van der Waals surface area contributed by atoms with Crippen LogP contribution in [0.1, 0.15) is 29.6 Å². The number of hydrogen-bond donors (Lipinski definition) is 3. The highest BCUT2D eigenvalue weighted by atomic mass is 16.1. The zero-order valence-electron chi connectivity index (χ0n) is 20.1. The first kappa shape index (κ1) is 22.0. The number of nitrogens with zero attached hydrogens (tertiary/aromatic N) is 5. The number of rotatable bonds is 6. The molecule has 0 aliphatic heterocycles. The summed E-state index contributed by atoms with van der Waals surface area (Å²) in [5.74, 6) is 0.820. The summed E-state index contributed by atoms with van der Waals surface area (Å²) in [4.78, 5) is 28.8. The Kier molecular flexibility index (Phi) is 5.44. The second-order valence-corrected chi connectivity index (χ2v) is 9.19. The molecule has 0 fully saturated rings. The smallest absolute Gasteiger partial charge is 0.217 e. The lowest BCUT2D eigenvalue weighted by molar-refractivity contribution is -0.119. The number of nitrogens with one attached hydrogen (secondary N) is 3. The van der Waals surface area contributed by atoms with Crippen molar-refractivity contribution in [2.75, 3.05) is 5.32 Å². The minimum atomic E-state index is 0.0154. The Hall–Kier alpha value is -4.53. The van der Waals surface area contributed by atoms with Crippen LogP contribution in [0.4, 0.5) is 5.69 Å². The van der Waals surface area contributed by atoms with Gasteiger partial charge in [-0.05, 0) is 67.3 Å². The molecule has 4 heterocycles. The van der Waals surface area contributed by atoms with Gasteiger partial charge in [0.1, 0.15) is 17.8 Å². The number of amides is 1. The van der Waals surface area contributed by atoms with Gasteiger partial charge in [0.15, 0.2) is 5.65 Å². The molecule has 0 radical (unpaired) electrons. The van der Waals surface area contributed by atoms with Gasteiger partial charge in [0.2, 0.25) is 5.91 Å². The molecular formula is C27H26N8O. The van der Waals surface area contributed by atoms with E-state index >= 15 is 0 Å². The van der Waals surface area contributed by atoms with Crippen LogP contribution in [0.5, 0.6) is 0 Å². The van der Waals surface area contributed by atoms with E-state index < -0.39 is 0 Å². The third-order valence-corrected chi connectivity index (χ3v) is 6.45. The van der Waals surface area contributed by atoms with E-state index in [0.29, 0.717) is 6.54 Å². The number of anilines is 1. The highest BCUT2D eigenvalue weighted by Crippen LogP contribution is 2.30. The molecule has 0 saturated heterocycles. The number of aromatic amines is 1. The number of fused-ring (bicyclic) bond motifs is 2. The normalized spacial score (nSPS) is 14.7. The molecule has 0 saturated carbocycles. The van der Waals surface area contributed by atoms with Crippen molar-refractivity contribution in [2.45, 2.75) is 39.3 Å². The second kappa shape index (κ2) is 8.92. The number of H-pyrrole nitrogens is 1. The Balaban J connectivity index is 1.28. The topological polar surface area (TPSA) is 113 Å². The Bertz CT molecular complexity index is 1580. The molecule has 180 valence electrons. The summed E-state index contributed by atoms with van der Waals surface area (Å²) in [6.45, 7) is 4.07. The number of pyridine rings is 2. The fourth-order valence-electron chi connectivity index (χ4n) is 4.84. The zero-order chi connectivity index (χ0) is 24.6. The standard InChI is InChI=1S/C27H26N8O/c1-16-4-3-5-23(31-16)27-26(19-7-9-25-29-15-30-35(25)14-19)33-24(34-27)13-28-21-8-6-18-10-22(32-17(2)36)12-20(18)11-21/h3-9,11,14-15,22,28H,10,12-13H2,1-2H3,(H,32,36)(H,33,34). The van der Waals surface area contributed by atoms with Crippen molar-refractivity contribution in [3.05, 3.63) is 83.7 Å². The van der Waals surface area contributed by atoms with E-state index in [1.807, 2.05) is 43.5 Å². The molecule has 1 aliphatic rings. The monoisotopic (exact) mass is 478 g/mol. The van der Waals surface area contributed by atoms with Crippen LogP contribution in [0.15, 0.2) is 61.1 Å². The summed E-state index contributed by atoms with van der Waals surface area (Å²) < 4.78 is 1.75. The van der Waals surface area contributed by atoms with Crippen LogP contribution >= 0.6 is 0 Å². The van der Waals surface area contributed by atoms with Crippen LogP contribution < -0.4 is 10.6 Å². The van der Waals surface area contributed by atoms with Crippen LogP contribution in [0.25, 0.3) is 28.3 Å². The van der Waals surface area contributed by atoms with Gasteiger partial charge in [-0.2, -0.15) is 5.10 Å². The number of benzene rings is 1. The fourth-order valence-corrected chi connectivity index (χ4v) is 4.84. The molecule has 4 aromatic heterocycles. The first-order chi connectivity index (χ1) is 17.5. The lowest BCUT2D eigenvalue weighted by Crippen LogP contribution is -2.33. The molecule has 1 aromatic carbocycles. The van der Waals surface area contributed by atoms with Gasteiger partial charge in [0, 0.05) is 36.1 Å². The highest BCUT2D eigenvalue weighted by molar-refractivity contribution is 5.77. The Labute approximate surface area is 208 Å². The van der Waals surface area contributed by atoms with Gasteiger partial charge in [-0.25, -0.2) is 14.5 Å². The van der Waals surface area contributed by atoms with Crippen molar-refractivity contribution in [2.24, 2.45) is 0 Å². The van der Waals surface area contributed by atoms with Crippen LogP contribution in [0, 0.1) is 6.92 Å². The predicted octanol–water partition coefficient (Wildman–Crippen LogP) is 3.71. The Morgan fingerprint density at radius 1 is 1.11 bits per heavy atom. The number of carbonyl (C=O) groups excluding carboxylic acids is 1. The third-order valence-electron chi connectivity index (χ3n) is 6.45. The van der Waals surface area contributed by atoms with Crippen molar-refractivity contribution in [1.82, 2.24) is 34.9 Å². The summed E-state index contributed by atoms with van der Waals surface area (Å²) in [5, 5.41) is 10.8. The van der Waals surface area contributed by atoms with Crippen molar-refractivity contribution in [3.8, 4) is 22.6 Å². The number of aromatic nitrogens is 6. The van der Waals surface area contributed by atoms with Gasteiger partial charge in [-0.1, -0.05) is 12.1 Å². The minimum Gasteiger partial charge on any atom is -0.378 e. The molecule has 6 rings (SSSR count). The molecule has 9 nitrogen and oxygen atoms in total. The summed E-state index contributed by atoms with van der Waals surface area (Å²) >= 11 is 0. The molecule has 1 unspecified atom stereocenters. The predicted molar refractivity (Wildman–Crippen MR) is 137 cm³/mol. The molecule has 1 amide bonds. The van der Waals surface area contributed by atoms with E-state index in [2.05, 4.69) is 43.9 Å². The lowest BCUT2D eigenvalue weighted by atomic mass is 10.1. The maximum absolute atomic E-state index is 11.4. The van der Waals surface area contributed by atoms with Crippen LogP contribution in [-0.2, 0) is 24.2 Å². The minimum absolute atomic E-state index is 0.0154. The Morgan fingerprint density at radius 3 is 2.86 bits per heavy atom. The Morgan fingerprint density at radius 2 is 2.00 bits per heavy atom. The molecule has 3 N–H and O–H groups in total. The molecule has 1 atom stereocenters. The van der Waals surface area contributed by atoms with E-state index in [4.69, 9.17) is 9.97 Å². The van der Waals surface area contributed by atoms with Gasteiger partial charge in [0.05, 0.1) is 17.9 Å². The van der Waals surface area contributed by atoms with Gasteiger partial charge < -0.3 is 15.6 Å². The van der Waals surface area contributed by atoms with Gasteiger partial charge >= 0.3 is 0 Å². The molecular weight excluding hydrogens is 452 g/mol. The average molecular weight is 479 g/mol. The zero-order valence-corrected chi connectivity index (χ0v) is 20.1. The number of carbonyl (C=O) groups is 1. The van der Waals surface area contributed by atoms with E-state index in [1.54, 1.807) is 17.8 Å². The van der Waals surface area contributed by atoms with Crippen molar-refractivity contribution < 1.29 is 4.79 Å². The number of aryl methyl sites for hydroxylation is 1. The van der Waals surface area contributed by atoms with E-state index in [0.717, 1.165) is 58.3 Å². The molecule has 36 heavy (non-hydrogen) atoms. The molecule has 5 aromatic rings. The lowest BCUT2D eigenvalue weighted by Gasteiger charge is -2.08. The molecule has 0 bridgehead atoms. The van der Waals surface area contributed by atoms with Gasteiger partial charge in [0.25, 0.3) is 0 Å². The number of hydrogen-bond acceptors (Lipinski definition) is 6. The maximum atomic E-state index is 11.4. The second-order valence-electron chi connectivity index (χ2n) is 9.19. The average Bonchev–Trinajstić information content (AvgIpc) is 3.59. The highest BCUT2D eigenvalue weighted by Gasteiger charge is 2.22. The first-order valence-electron chi connectivity index (χ1n) is 12.0. The first-order valence-corrected chi connectivity index (χ1v) is 12.0. The number of imidazole rings is 1. The quantitative estimate of drug-likeness (QED) is 0.343.